The number of fused-ring (bicyclic) bond motifs is 1. The zero-order chi connectivity index (χ0) is 23.5. The Bertz CT molecular complexity index is 1430. The van der Waals surface area contributed by atoms with E-state index in [1.165, 1.54) is 22.7 Å². The first-order chi connectivity index (χ1) is 15.9. The van der Waals surface area contributed by atoms with Crippen molar-refractivity contribution in [2.24, 2.45) is 0 Å². The molecule has 0 aliphatic rings. The zero-order valence-corrected chi connectivity index (χ0v) is 19.9. The SMILES string of the molecule is COc1ccc2nc(NC(=O)C(C)Sc3nc(N)c(C#N)c(-c4cccs4)c3C#N)sc2c1. The monoisotopic (exact) mass is 492 g/mol. The van der Waals surface area contributed by atoms with Crippen molar-refractivity contribution in [2.45, 2.75) is 17.2 Å². The van der Waals surface area contributed by atoms with E-state index in [0.717, 1.165) is 26.9 Å². The summed E-state index contributed by atoms with van der Waals surface area (Å²) < 4.78 is 6.11. The maximum absolute atomic E-state index is 12.9. The van der Waals surface area contributed by atoms with Crippen molar-refractivity contribution in [3.8, 4) is 28.3 Å². The van der Waals surface area contributed by atoms with E-state index in [0.29, 0.717) is 21.5 Å². The number of aromatic nitrogens is 2. The van der Waals surface area contributed by atoms with Gasteiger partial charge in [-0.15, -0.1) is 11.3 Å². The van der Waals surface area contributed by atoms with Crippen LogP contribution in [0.15, 0.2) is 40.7 Å². The van der Waals surface area contributed by atoms with Gasteiger partial charge in [-0.1, -0.05) is 29.2 Å². The lowest BCUT2D eigenvalue weighted by Crippen LogP contribution is -2.22. The minimum Gasteiger partial charge on any atom is -0.497 e. The quantitative estimate of drug-likeness (QED) is 0.363. The smallest absolute Gasteiger partial charge is 0.239 e. The van der Waals surface area contributed by atoms with Crippen LogP contribution in [0, 0.1) is 22.7 Å². The molecule has 1 unspecified atom stereocenters. The molecule has 0 saturated carbocycles. The molecule has 8 nitrogen and oxygen atoms in total. The molecule has 4 aromatic rings. The lowest BCUT2D eigenvalue weighted by Gasteiger charge is -2.14. The van der Waals surface area contributed by atoms with Gasteiger partial charge in [0.05, 0.1) is 28.1 Å². The summed E-state index contributed by atoms with van der Waals surface area (Å²) in [5.41, 5.74) is 7.61. The van der Waals surface area contributed by atoms with E-state index >= 15 is 0 Å². The number of hydrogen-bond donors (Lipinski definition) is 2. The van der Waals surface area contributed by atoms with Crippen LogP contribution in [0.2, 0.25) is 0 Å². The van der Waals surface area contributed by atoms with Crippen molar-refractivity contribution in [1.82, 2.24) is 9.97 Å². The minimum absolute atomic E-state index is 0.0233. The lowest BCUT2D eigenvalue weighted by atomic mass is 10.0. The molecule has 0 aliphatic heterocycles. The molecule has 0 saturated heterocycles. The normalized spacial score (nSPS) is 11.5. The van der Waals surface area contributed by atoms with Crippen molar-refractivity contribution < 1.29 is 9.53 Å². The Kier molecular flexibility index (Phi) is 6.47. The van der Waals surface area contributed by atoms with Crippen LogP contribution in [-0.2, 0) is 4.79 Å². The van der Waals surface area contributed by atoms with Gasteiger partial charge < -0.3 is 15.8 Å². The standard InChI is InChI=1S/C22H16N6O2S3/c1-11(20(29)28-22-26-15-6-5-12(30-2)8-17(15)33-22)32-21-14(10-24)18(16-4-3-7-31-16)13(9-23)19(25)27-21/h3-8,11H,1-2H3,(H2,25,27)(H,26,28,29). The largest absolute Gasteiger partial charge is 0.497 e. The van der Waals surface area contributed by atoms with Crippen molar-refractivity contribution in [1.29, 1.82) is 10.5 Å². The molecule has 0 fully saturated rings. The number of thiophene rings is 1. The Labute approximate surface area is 201 Å². The molecule has 0 aliphatic carbocycles. The number of nitrogens with zero attached hydrogens (tertiary/aromatic N) is 4. The highest BCUT2D eigenvalue weighted by molar-refractivity contribution is 8.00. The first-order valence-electron chi connectivity index (χ1n) is 9.54. The summed E-state index contributed by atoms with van der Waals surface area (Å²) in [6, 6.07) is 13.3. The van der Waals surface area contributed by atoms with Crippen LogP contribution < -0.4 is 15.8 Å². The predicted octanol–water partition coefficient (Wildman–Crippen LogP) is 4.87. The molecule has 0 spiro atoms. The summed E-state index contributed by atoms with van der Waals surface area (Å²) in [6.45, 7) is 1.71. The Morgan fingerprint density at radius 3 is 2.70 bits per heavy atom. The molecule has 164 valence electrons. The van der Waals surface area contributed by atoms with E-state index in [-0.39, 0.29) is 22.9 Å². The fourth-order valence-corrected chi connectivity index (χ4v) is 5.66. The second-order valence-electron chi connectivity index (χ2n) is 6.73. The molecule has 0 radical (unpaired) electrons. The summed E-state index contributed by atoms with van der Waals surface area (Å²) in [5, 5.41) is 24.3. The predicted molar refractivity (Wildman–Crippen MR) is 132 cm³/mol. The van der Waals surface area contributed by atoms with Gasteiger partial charge in [-0.2, -0.15) is 10.5 Å². The molecule has 3 aromatic heterocycles. The number of anilines is 2. The maximum atomic E-state index is 12.9. The van der Waals surface area contributed by atoms with Crippen molar-refractivity contribution in [2.75, 3.05) is 18.2 Å². The number of nitriles is 2. The fraction of sp³-hybridized carbons (Fsp3) is 0.136. The third-order valence-corrected chi connectivity index (χ3v) is 7.57. The van der Waals surface area contributed by atoms with Gasteiger partial charge in [-0.05, 0) is 36.6 Å². The van der Waals surface area contributed by atoms with Crippen LogP contribution >= 0.6 is 34.4 Å². The number of nitrogen functional groups attached to an aromatic ring is 1. The summed E-state index contributed by atoms with van der Waals surface area (Å²) in [6.07, 6.45) is 0. The van der Waals surface area contributed by atoms with Crippen LogP contribution in [0.25, 0.3) is 20.7 Å². The molecule has 33 heavy (non-hydrogen) atoms. The number of thiazole rings is 1. The second-order valence-corrected chi connectivity index (χ2v) is 10.0. The number of carbonyl (C=O) groups is 1. The minimum atomic E-state index is -0.602. The highest BCUT2D eigenvalue weighted by atomic mass is 32.2. The van der Waals surface area contributed by atoms with Gasteiger partial charge in [0, 0.05) is 10.4 Å². The molecule has 1 aromatic carbocycles. The number of hydrogen-bond acceptors (Lipinski definition) is 10. The van der Waals surface area contributed by atoms with Gasteiger partial charge in [0.1, 0.15) is 34.3 Å². The number of methoxy groups -OCH3 is 1. The Balaban J connectivity index is 1.60. The average Bonchev–Trinajstić information content (AvgIpc) is 3.47. The number of ether oxygens (including phenoxy) is 1. The van der Waals surface area contributed by atoms with Gasteiger partial charge in [0.25, 0.3) is 0 Å². The summed E-state index contributed by atoms with van der Waals surface area (Å²) >= 11 is 3.84. The number of benzene rings is 1. The highest BCUT2D eigenvalue weighted by Gasteiger charge is 2.25. The molecular weight excluding hydrogens is 476 g/mol. The van der Waals surface area contributed by atoms with Gasteiger partial charge in [-0.3, -0.25) is 4.79 Å². The third kappa shape index (κ3) is 4.47. The van der Waals surface area contributed by atoms with Crippen LogP contribution in [0.5, 0.6) is 5.75 Å². The third-order valence-electron chi connectivity index (χ3n) is 4.67. The Hall–Kier alpha value is -3.64. The maximum Gasteiger partial charge on any atom is 0.239 e. The number of rotatable bonds is 6. The van der Waals surface area contributed by atoms with Gasteiger partial charge in [0.15, 0.2) is 5.13 Å². The van der Waals surface area contributed by atoms with Crippen molar-refractivity contribution in [3.63, 3.8) is 0 Å². The van der Waals surface area contributed by atoms with Crippen LogP contribution in [-0.4, -0.2) is 28.2 Å². The molecule has 0 bridgehead atoms. The van der Waals surface area contributed by atoms with E-state index in [1.807, 2.05) is 41.8 Å². The van der Waals surface area contributed by atoms with Crippen LogP contribution in [0.1, 0.15) is 18.1 Å². The number of nitrogens with two attached hydrogens (primary N) is 1. The lowest BCUT2D eigenvalue weighted by molar-refractivity contribution is -0.115. The van der Waals surface area contributed by atoms with E-state index in [4.69, 9.17) is 10.5 Å². The van der Waals surface area contributed by atoms with Crippen LogP contribution in [0.4, 0.5) is 10.9 Å². The number of pyridine rings is 1. The van der Waals surface area contributed by atoms with Crippen molar-refractivity contribution >= 4 is 61.5 Å². The molecule has 3 heterocycles. The van der Waals surface area contributed by atoms with Crippen LogP contribution in [0.3, 0.4) is 0 Å². The summed E-state index contributed by atoms with van der Waals surface area (Å²) in [7, 11) is 1.59. The van der Waals surface area contributed by atoms with E-state index in [2.05, 4.69) is 21.4 Å². The summed E-state index contributed by atoms with van der Waals surface area (Å²) in [4.78, 5) is 22.3. The first kappa shape index (κ1) is 22.6. The highest BCUT2D eigenvalue weighted by Crippen LogP contribution is 2.39. The number of amides is 1. The average molecular weight is 493 g/mol. The first-order valence-corrected chi connectivity index (χ1v) is 12.1. The molecule has 1 amide bonds. The van der Waals surface area contributed by atoms with Crippen molar-refractivity contribution in [3.05, 3.63) is 46.8 Å². The molecular formula is C22H16N6O2S3. The van der Waals surface area contributed by atoms with E-state index in [9.17, 15) is 15.3 Å². The molecule has 4 rings (SSSR count). The van der Waals surface area contributed by atoms with Gasteiger partial charge in [-0.25, -0.2) is 9.97 Å². The number of thioether (sulfide) groups is 1. The van der Waals surface area contributed by atoms with Gasteiger partial charge >= 0.3 is 0 Å². The topological polar surface area (TPSA) is 138 Å². The number of nitrogens with one attached hydrogen (secondary N) is 1. The Morgan fingerprint density at radius 2 is 2.03 bits per heavy atom. The fourth-order valence-electron chi connectivity index (χ4n) is 3.06. The molecule has 3 N–H and O–H groups in total. The second kappa shape index (κ2) is 9.46. The molecule has 1 atom stereocenters. The van der Waals surface area contributed by atoms with E-state index < -0.39 is 5.25 Å². The number of carbonyl (C=O) groups excluding carboxylic acids is 1. The van der Waals surface area contributed by atoms with Gasteiger partial charge in [0.2, 0.25) is 5.91 Å². The zero-order valence-electron chi connectivity index (χ0n) is 17.4. The molecule has 11 heteroatoms. The van der Waals surface area contributed by atoms with E-state index in [1.54, 1.807) is 14.0 Å². The Morgan fingerprint density at radius 1 is 1.24 bits per heavy atom. The summed E-state index contributed by atoms with van der Waals surface area (Å²) in [5.74, 6) is 0.440.